The van der Waals surface area contributed by atoms with Crippen molar-refractivity contribution in [2.45, 2.75) is 6.54 Å². The second kappa shape index (κ2) is 8.76. The topological polar surface area (TPSA) is 59.6 Å². The van der Waals surface area contributed by atoms with Crippen LogP contribution in [0.5, 0.6) is 11.5 Å². The van der Waals surface area contributed by atoms with Crippen molar-refractivity contribution in [3.63, 3.8) is 0 Å². The van der Waals surface area contributed by atoms with E-state index in [4.69, 9.17) is 9.47 Å². The zero-order valence-electron chi connectivity index (χ0n) is 15.4. The molecule has 0 spiro atoms. The third-order valence-electron chi connectivity index (χ3n) is 4.13. The van der Waals surface area contributed by atoms with Crippen molar-refractivity contribution in [2.24, 2.45) is 0 Å². The van der Waals surface area contributed by atoms with E-state index in [0.717, 1.165) is 16.9 Å². The molecule has 3 rings (SSSR count). The van der Waals surface area contributed by atoms with Gasteiger partial charge in [0.1, 0.15) is 0 Å². The highest BCUT2D eigenvalue weighted by atomic mass is 16.5. The standard InChI is InChI=1S/C22H22N2O3/c1-26-20-13-12-16(14-21(20)27-2)15-23-22(25)18-10-6-7-11-19(18)24-17-8-4-3-5-9-17/h3-14,24H,15H2,1-2H3,(H,23,25). The van der Waals surface area contributed by atoms with Crippen LogP contribution in [0.4, 0.5) is 11.4 Å². The Morgan fingerprint density at radius 2 is 1.56 bits per heavy atom. The molecule has 0 heterocycles. The molecule has 0 fully saturated rings. The second-order valence-electron chi connectivity index (χ2n) is 5.91. The number of anilines is 2. The first kappa shape index (κ1) is 18.3. The molecule has 0 unspecified atom stereocenters. The molecule has 3 aromatic carbocycles. The van der Waals surface area contributed by atoms with Gasteiger partial charge in [-0.3, -0.25) is 4.79 Å². The fraction of sp³-hybridized carbons (Fsp3) is 0.136. The van der Waals surface area contributed by atoms with Gasteiger partial charge in [-0.15, -0.1) is 0 Å². The van der Waals surface area contributed by atoms with E-state index < -0.39 is 0 Å². The van der Waals surface area contributed by atoms with E-state index in [1.807, 2.05) is 66.7 Å². The SMILES string of the molecule is COc1ccc(CNC(=O)c2ccccc2Nc2ccccc2)cc1OC. The van der Waals surface area contributed by atoms with Gasteiger partial charge in [0.25, 0.3) is 5.91 Å². The summed E-state index contributed by atoms with van der Waals surface area (Å²) in [4.78, 5) is 12.7. The largest absolute Gasteiger partial charge is 0.493 e. The first-order valence-electron chi connectivity index (χ1n) is 8.61. The van der Waals surface area contributed by atoms with E-state index >= 15 is 0 Å². The maximum Gasteiger partial charge on any atom is 0.253 e. The lowest BCUT2D eigenvalue weighted by atomic mass is 10.1. The van der Waals surface area contributed by atoms with Gasteiger partial charge in [-0.05, 0) is 42.0 Å². The van der Waals surface area contributed by atoms with Crippen molar-refractivity contribution in [3.8, 4) is 11.5 Å². The lowest BCUT2D eigenvalue weighted by Gasteiger charge is -2.13. The van der Waals surface area contributed by atoms with Gasteiger partial charge >= 0.3 is 0 Å². The molecule has 0 aliphatic carbocycles. The fourth-order valence-corrected chi connectivity index (χ4v) is 2.74. The Balaban J connectivity index is 1.72. The normalized spacial score (nSPS) is 10.1. The van der Waals surface area contributed by atoms with Crippen LogP contribution in [-0.2, 0) is 6.54 Å². The summed E-state index contributed by atoms with van der Waals surface area (Å²) in [5.41, 5.74) is 3.20. The summed E-state index contributed by atoms with van der Waals surface area (Å²) in [7, 11) is 3.18. The molecule has 0 saturated heterocycles. The minimum Gasteiger partial charge on any atom is -0.493 e. The molecule has 0 radical (unpaired) electrons. The Hall–Kier alpha value is -3.47. The molecule has 0 atom stereocenters. The molecule has 138 valence electrons. The molecular formula is C22H22N2O3. The maximum absolute atomic E-state index is 12.7. The fourth-order valence-electron chi connectivity index (χ4n) is 2.74. The molecule has 0 aromatic heterocycles. The van der Waals surface area contributed by atoms with E-state index in [1.54, 1.807) is 20.3 Å². The molecule has 1 amide bonds. The van der Waals surface area contributed by atoms with E-state index in [0.29, 0.717) is 23.6 Å². The highest BCUT2D eigenvalue weighted by Gasteiger charge is 2.12. The van der Waals surface area contributed by atoms with Crippen LogP contribution in [0, 0.1) is 0 Å². The van der Waals surface area contributed by atoms with Crippen molar-refractivity contribution in [2.75, 3.05) is 19.5 Å². The lowest BCUT2D eigenvalue weighted by Crippen LogP contribution is -2.23. The van der Waals surface area contributed by atoms with Gasteiger partial charge in [0.05, 0.1) is 25.5 Å². The van der Waals surface area contributed by atoms with Crippen molar-refractivity contribution in [3.05, 3.63) is 83.9 Å². The average molecular weight is 362 g/mol. The number of benzene rings is 3. The Bertz CT molecular complexity index is 910. The molecule has 5 heteroatoms. The second-order valence-corrected chi connectivity index (χ2v) is 5.91. The van der Waals surface area contributed by atoms with E-state index in [9.17, 15) is 4.79 Å². The van der Waals surface area contributed by atoms with Crippen LogP contribution in [0.15, 0.2) is 72.8 Å². The minimum absolute atomic E-state index is 0.149. The van der Waals surface area contributed by atoms with Crippen molar-refractivity contribution < 1.29 is 14.3 Å². The van der Waals surface area contributed by atoms with E-state index in [-0.39, 0.29) is 5.91 Å². The number of carbonyl (C=O) groups excluding carboxylic acids is 1. The molecule has 3 aromatic rings. The van der Waals surface area contributed by atoms with Gasteiger partial charge < -0.3 is 20.1 Å². The number of carbonyl (C=O) groups is 1. The number of ether oxygens (including phenoxy) is 2. The summed E-state index contributed by atoms with van der Waals surface area (Å²) < 4.78 is 10.5. The van der Waals surface area contributed by atoms with Crippen molar-refractivity contribution in [1.82, 2.24) is 5.32 Å². The number of nitrogens with one attached hydrogen (secondary N) is 2. The lowest BCUT2D eigenvalue weighted by molar-refractivity contribution is 0.0951. The molecule has 0 saturated carbocycles. The zero-order chi connectivity index (χ0) is 19.1. The van der Waals surface area contributed by atoms with Crippen LogP contribution in [-0.4, -0.2) is 20.1 Å². The predicted octanol–water partition coefficient (Wildman–Crippen LogP) is 4.38. The van der Waals surface area contributed by atoms with Gasteiger partial charge in [0.15, 0.2) is 11.5 Å². The predicted molar refractivity (Wildman–Crippen MR) is 107 cm³/mol. The van der Waals surface area contributed by atoms with Crippen molar-refractivity contribution >= 4 is 17.3 Å². The highest BCUT2D eigenvalue weighted by molar-refractivity contribution is 6.00. The minimum atomic E-state index is -0.149. The van der Waals surface area contributed by atoms with Crippen LogP contribution in [0.25, 0.3) is 0 Å². The monoisotopic (exact) mass is 362 g/mol. The van der Waals surface area contributed by atoms with Gasteiger partial charge in [-0.2, -0.15) is 0 Å². The molecule has 0 bridgehead atoms. The number of methoxy groups -OCH3 is 2. The Morgan fingerprint density at radius 3 is 2.30 bits per heavy atom. The summed E-state index contributed by atoms with van der Waals surface area (Å²) in [6.07, 6.45) is 0. The van der Waals surface area contributed by atoms with E-state index in [2.05, 4.69) is 10.6 Å². The van der Waals surface area contributed by atoms with Crippen LogP contribution < -0.4 is 20.1 Å². The number of hydrogen-bond acceptors (Lipinski definition) is 4. The smallest absolute Gasteiger partial charge is 0.253 e. The summed E-state index contributed by atoms with van der Waals surface area (Å²) in [6.45, 7) is 0.388. The first-order valence-corrected chi connectivity index (χ1v) is 8.61. The molecule has 0 aliphatic heterocycles. The average Bonchev–Trinajstić information content (AvgIpc) is 2.73. The number of rotatable bonds is 7. The van der Waals surface area contributed by atoms with Crippen LogP contribution in [0.3, 0.4) is 0 Å². The van der Waals surface area contributed by atoms with Gasteiger partial charge in [-0.25, -0.2) is 0 Å². The van der Waals surface area contributed by atoms with E-state index in [1.165, 1.54) is 0 Å². The zero-order valence-corrected chi connectivity index (χ0v) is 15.4. The quantitative estimate of drug-likeness (QED) is 0.655. The maximum atomic E-state index is 12.7. The third-order valence-corrected chi connectivity index (χ3v) is 4.13. The summed E-state index contributed by atoms with van der Waals surface area (Å²) in [5, 5.41) is 6.24. The number of para-hydroxylation sites is 2. The molecular weight excluding hydrogens is 340 g/mol. The highest BCUT2D eigenvalue weighted by Crippen LogP contribution is 2.27. The van der Waals surface area contributed by atoms with Gasteiger partial charge in [-0.1, -0.05) is 36.4 Å². The Labute approximate surface area is 158 Å². The van der Waals surface area contributed by atoms with Crippen LogP contribution in [0.2, 0.25) is 0 Å². The van der Waals surface area contributed by atoms with Gasteiger partial charge in [0, 0.05) is 12.2 Å². The third kappa shape index (κ3) is 4.58. The van der Waals surface area contributed by atoms with Crippen LogP contribution in [0.1, 0.15) is 15.9 Å². The van der Waals surface area contributed by atoms with Gasteiger partial charge in [0.2, 0.25) is 0 Å². The first-order chi connectivity index (χ1) is 13.2. The van der Waals surface area contributed by atoms with Crippen molar-refractivity contribution in [1.29, 1.82) is 0 Å². The molecule has 5 nitrogen and oxygen atoms in total. The Morgan fingerprint density at radius 1 is 0.852 bits per heavy atom. The Kier molecular flexibility index (Phi) is 5.94. The van der Waals surface area contributed by atoms with Crippen LogP contribution >= 0.6 is 0 Å². The summed E-state index contributed by atoms with van der Waals surface area (Å²) in [5.74, 6) is 1.14. The number of hydrogen-bond donors (Lipinski definition) is 2. The molecule has 0 aliphatic rings. The molecule has 2 N–H and O–H groups in total. The summed E-state index contributed by atoms with van der Waals surface area (Å²) >= 11 is 0. The summed E-state index contributed by atoms with van der Waals surface area (Å²) in [6, 6.07) is 22.8. The molecule has 27 heavy (non-hydrogen) atoms. The number of amides is 1.